The van der Waals surface area contributed by atoms with Crippen LogP contribution in [0.25, 0.3) is 5.69 Å². The van der Waals surface area contributed by atoms with E-state index < -0.39 is 0 Å². The van der Waals surface area contributed by atoms with Crippen LogP contribution >= 0.6 is 11.6 Å². The Morgan fingerprint density at radius 1 is 1.32 bits per heavy atom. The Balaban J connectivity index is 1.43. The lowest BCUT2D eigenvalue weighted by Gasteiger charge is -2.31. The van der Waals surface area contributed by atoms with Crippen molar-refractivity contribution < 1.29 is 14.6 Å². The third kappa shape index (κ3) is 4.32. The molecule has 1 aliphatic carbocycles. The van der Waals surface area contributed by atoms with Gasteiger partial charge < -0.3 is 19.9 Å². The van der Waals surface area contributed by atoms with E-state index in [-0.39, 0.29) is 22.8 Å². The average molecular weight is 406 g/mol. The van der Waals surface area contributed by atoms with E-state index in [1.807, 2.05) is 0 Å². The van der Waals surface area contributed by atoms with Gasteiger partial charge in [0.1, 0.15) is 16.9 Å². The normalized spacial score (nSPS) is 24.4. The van der Waals surface area contributed by atoms with E-state index >= 15 is 0 Å². The molecular formula is C20H24ClN3O4. The maximum Gasteiger partial charge on any atom is 0.292 e. The first-order valence-electron chi connectivity index (χ1n) is 9.65. The quantitative estimate of drug-likeness (QED) is 0.768. The minimum absolute atomic E-state index is 0.0519. The molecule has 150 valence electrons. The molecular weight excluding hydrogens is 382 g/mol. The molecule has 0 amide bonds. The number of aliphatic hydroxyl groups is 1. The highest BCUT2D eigenvalue weighted by molar-refractivity contribution is 6.32. The Bertz CT molecular complexity index is 859. The van der Waals surface area contributed by atoms with Gasteiger partial charge in [0.15, 0.2) is 0 Å². The lowest BCUT2D eigenvalue weighted by molar-refractivity contribution is -0.0107. The van der Waals surface area contributed by atoms with E-state index in [9.17, 15) is 9.90 Å². The zero-order valence-electron chi connectivity index (χ0n) is 15.5. The summed E-state index contributed by atoms with van der Waals surface area (Å²) in [5.74, 6) is 1.12. The van der Waals surface area contributed by atoms with Gasteiger partial charge in [-0.05, 0) is 43.0 Å². The molecule has 1 aromatic heterocycles. The van der Waals surface area contributed by atoms with E-state index in [1.54, 1.807) is 30.5 Å². The van der Waals surface area contributed by atoms with Crippen LogP contribution in [0.15, 0.2) is 35.3 Å². The van der Waals surface area contributed by atoms with Gasteiger partial charge >= 0.3 is 0 Å². The molecule has 0 bridgehead atoms. The summed E-state index contributed by atoms with van der Waals surface area (Å²) in [6.07, 6.45) is 4.83. The van der Waals surface area contributed by atoms with Crippen molar-refractivity contribution in [3.8, 4) is 11.4 Å². The third-order valence-corrected chi connectivity index (χ3v) is 5.57. The van der Waals surface area contributed by atoms with Gasteiger partial charge in [0, 0.05) is 26.0 Å². The molecule has 2 fully saturated rings. The van der Waals surface area contributed by atoms with Crippen LogP contribution < -0.4 is 15.6 Å². The van der Waals surface area contributed by atoms with E-state index in [4.69, 9.17) is 21.1 Å². The van der Waals surface area contributed by atoms with Gasteiger partial charge in [-0.15, -0.1) is 0 Å². The largest absolute Gasteiger partial charge is 0.490 e. The highest BCUT2D eigenvalue weighted by atomic mass is 35.5. The second-order valence-corrected chi connectivity index (χ2v) is 7.79. The summed E-state index contributed by atoms with van der Waals surface area (Å²) in [7, 11) is 0. The number of halogens is 1. The van der Waals surface area contributed by atoms with Crippen LogP contribution in [0.1, 0.15) is 25.7 Å². The van der Waals surface area contributed by atoms with Crippen molar-refractivity contribution in [1.29, 1.82) is 0 Å². The second-order valence-electron chi connectivity index (χ2n) is 7.41. The number of aromatic nitrogens is 2. The number of hydrogen-bond donors (Lipinski definition) is 2. The Kier molecular flexibility index (Phi) is 5.85. The van der Waals surface area contributed by atoms with Gasteiger partial charge in [-0.2, -0.15) is 9.78 Å². The van der Waals surface area contributed by atoms with Crippen molar-refractivity contribution in [1.82, 2.24) is 9.78 Å². The van der Waals surface area contributed by atoms with Crippen LogP contribution in [0.2, 0.25) is 5.02 Å². The molecule has 2 heterocycles. The standard InChI is InChI=1S/C20H24ClN3O4/c21-19-18(22-10-13-2-1-7-27-12-13)11-23-24(20(19)26)14-3-5-16(6-4-14)28-17-8-15(25)9-17/h3-6,11,13,15,17,22,25H,1-2,7-10,12H2/t13-,15?,17?/m0/s1. The van der Waals surface area contributed by atoms with Crippen LogP contribution in [-0.4, -0.2) is 46.9 Å². The Morgan fingerprint density at radius 3 is 2.79 bits per heavy atom. The van der Waals surface area contributed by atoms with Gasteiger partial charge in [0.25, 0.3) is 5.56 Å². The molecule has 8 heteroatoms. The number of ether oxygens (including phenoxy) is 2. The van der Waals surface area contributed by atoms with Crippen molar-refractivity contribution in [2.24, 2.45) is 5.92 Å². The predicted octanol–water partition coefficient (Wildman–Crippen LogP) is 2.63. The van der Waals surface area contributed by atoms with Crippen LogP contribution in [0.5, 0.6) is 5.75 Å². The first kappa shape index (κ1) is 19.2. The minimum atomic E-state index is -0.373. The van der Waals surface area contributed by atoms with Crippen molar-refractivity contribution >= 4 is 17.3 Å². The molecule has 1 aromatic carbocycles. The van der Waals surface area contributed by atoms with Crippen molar-refractivity contribution in [2.75, 3.05) is 25.1 Å². The minimum Gasteiger partial charge on any atom is -0.490 e. The first-order chi connectivity index (χ1) is 13.6. The highest BCUT2D eigenvalue weighted by Crippen LogP contribution is 2.26. The van der Waals surface area contributed by atoms with E-state index in [1.165, 1.54) is 4.68 Å². The van der Waals surface area contributed by atoms with Gasteiger partial charge in [-0.25, -0.2) is 0 Å². The van der Waals surface area contributed by atoms with E-state index in [0.717, 1.165) is 26.1 Å². The summed E-state index contributed by atoms with van der Waals surface area (Å²) in [6.45, 7) is 2.25. The zero-order chi connectivity index (χ0) is 19.5. The number of aliphatic hydroxyl groups excluding tert-OH is 1. The zero-order valence-corrected chi connectivity index (χ0v) is 16.3. The number of nitrogens with one attached hydrogen (secondary N) is 1. The van der Waals surface area contributed by atoms with Crippen LogP contribution in [0, 0.1) is 5.92 Å². The summed E-state index contributed by atoms with van der Waals surface area (Å²) < 4.78 is 12.5. The molecule has 2 aliphatic rings. The van der Waals surface area contributed by atoms with Gasteiger partial charge in [-0.3, -0.25) is 4.79 Å². The predicted molar refractivity (Wildman–Crippen MR) is 107 cm³/mol. The van der Waals surface area contributed by atoms with Crippen LogP contribution in [-0.2, 0) is 4.74 Å². The number of nitrogens with zero attached hydrogens (tertiary/aromatic N) is 2. The number of rotatable bonds is 6. The molecule has 1 atom stereocenters. The topological polar surface area (TPSA) is 85.6 Å². The highest BCUT2D eigenvalue weighted by Gasteiger charge is 2.28. The summed E-state index contributed by atoms with van der Waals surface area (Å²) in [6, 6.07) is 7.11. The molecule has 2 aromatic rings. The van der Waals surface area contributed by atoms with Crippen LogP contribution in [0.4, 0.5) is 5.69 Å². The molecule has 0 spiro atoms. The van der Waals surface area contributed by atoms with E-state index in [0.29, 0.717) is 42.4 Å². The van der Waals surface area contributed by atoms with Gasteiger partial charge in [-0.1, -0.05) is 11.6 Å². The number of hydrogen-bond acceptors (Lipinski definition) is 6. The molecule has 28 heavy (non-hydrogen) atoms. The summed E-state index contributed by atoms with van der Waals surface area (Å²) in [5, 5.41) is 16.9. The van der Waals surface area contributed by atoms with Gasteiger partial charge in [0.2, 0.25) is 0 Å². The number of benzene rings is 1. The van der Waals surface area contributed by atoms with Crippen molar-refractivity contribution in [2.45, 2.75) is 37.9 Å². The second kappa shape index (κ2) is 8.51. The molecule has 1 aliphatic heterocycles. The third-order valence-electron chi connectivity index (χ3n) is 5.21. The maximum atomic E-state index is 12.6. The van der Waals surface area contributed by atoms with Gasteiger partial charge in [0.05, 0.1) is 30.3 Å². The molecule has 1 saturated carbocycles. The lowest BCUT2D eigenvalue weighted by atomic mass is 9.92. The lowest BCUT2D eigenvalue weighted by Crippen LogP contribution is -2.37. The fraction of sp³-hybridized carbons (Fsp3) is 0.500. The Morgan fingerprint density at radius 2 is 2.11 bits per heavy atom. The van der Waals surface area contributed by atoms with Crippen molar-refractivity contribution in [3.05, 3.63) is 45.8 Å². The number of anilines is 1. The molecule has 7 nitrogen and oxygen atoms in total. The average Bonchev–Trinajstić information content (AvgIpc) is 2.69. The fourth-order valence-electron chi connectivity index (χ4n) is 3.46. The molecule has 4 rings (SSSR count). The first-order valence-corrected chi connectivity index (χ1v) is 10.0. The Hall–Kier alpha value is -2.09. The van der Waals surface area contributed by atoms with Crippen LogP contribution in [0.3, 0.4) is 0 Å². The molecule has 2 N–H and O–H groups in total. The monoisotopic (exact) mass is 405 g/mol. The molecule has 1 saturated heterocycles. The van der Waals surface area contributed by atoms with E-state index in [2.05, 4.69) is 10.4 Å². The Labute approximate surface area is 168 Å². The summed E-state index contributed by atoms with van der Waals surface area (Å²) in [5.41, 5.74) is 0.777. The SMILES string of the molecule is O=c1c(Cl)c(NC[C@@H]2CCCOC2)cnn1-c1ccc(OC2CC(O)C2)cc1. The maximum absolute atomic E-state index is 12.6. The smallest absolute Gasteiger partial charge is 0.292 e. The summed E-state index contributed by atoms with van der Waals surface area (Å²) >= 11 is 6.29. The molecule has 0 radical (unpaired) electrons. The fourth-order valence-corrected chi connectivity index (χ4v) is 3.65. The molecule has 0 unspecified atom stereocenters. The van der Waals surface area contributed by atoms with Crippen molar-refractivity contribution in [3.63, 3.8) is 0 Å². The summed E-state index contributed by atoms with van der Waals surface area (Å²) in [4.78, 5) is 12.6.